The summed E-state index contributed by atoms with van der Waals surface area (Å²) in [6, 6.07) is 4.92. The molecule has 1 rings (SSSR count). The third-order valence-electron chi connectivity index (χ3n) is 1.81. The summed E-state index contributed by atoms with van der Waals surface area (Å²) in [6.45, 7) is 1.88. The van der Waals surface area contributed by atoms with Gasteiger partial charge in [-0.1, -0.05) is 15.9 Å². The van der Waals surface area contributed by atoms with E-state index in [2.05, 4.69) is 21.2 Å². The topological polar surface area (TPSA) is 21.3 Å². The molecule has 4 heteroatoms. The molecule has 0 saturated carbocycles. The molecule has 0 spiro atoms. The van der Waals surface area contributed by atoms with Gasteiger partial charge in [-0.05, 0) is 18.2 Å². The molecule has 78 valence electrons. The summed E-state index contributed by atoms with van der Waals surface area (Å²) in [7, 11) is 1.64. The van der Waals surface area contributed by atoms with Crippen molar-refractivity contribution in [1.29, 1.82) is 0 Å². The Morgan fingerprint density at radius 2 is 2.29 bits per heavy atom. The summed E-state index contributed by atoms with van der Waals surface area (Å²) in [6.07, 6.45) is 0. The van der Waals surface area contributed by atoms with E-state index in [0.717, 1.165) is 11.0 Å². The Morgan fingerprint density at radius 1 is 1.50 bits per heavy atom. The number of ether oxygens (including phenoxy) is 1. The molecule has 1 aromatic rings. The van der Waals surface area contributed by atoms with Crippen molar-refractivity contribution in [1.82, 2.24) is 5.32 Å². The van der Waals surface area contributed by atoms with Crippen LogP contribution in [0.3, 0.4) is 0 Å². The predicted octanol–water partition coefficient (Wildman–Crippen LogP) is 2.32. The highest BCUT2D eigenvalue weighted by Gasteiger charge is 2.01. The van der Waals surface area contributed by atoms with Crippen molar-refractivity contribution >= 4 is 15.9 Å². The van der Waals surface area contributed by atoms with Gasteiger partial charge in [-0.25, -0.2) is 4.39 Å². The highest BCUT2D eigenvalue weighted by atomic mass is 79.9. The first kappa shape index (κ1) is 11.6. The quantitative estimate of drug-likeness (QED) is 0.822. The van der Waals surface area contributed by atoms with Gasteiger partial charge in [-0.3, -0.25) is 0 Å². The lowest BCUT2D eigenvalue weighted by atomic mass is 10.2. The van der Waals surface area contributed by atoms with Crippen molar-refractivity contribution in [2.75, 3.05) is 20.3 Å². The van der Waals surface area contributed by atoms with Gasteiger partial charge in [-0.2, -0.15) is 0 Å². The van der Waals surface area contributed by atoms with Gasteiger partial charge >= 0.3 is 0 Å². The van der Waals surface area contributed by atoms with E-state index >= 15 is 0 Å². The summed E-state index contributed by atoms with van der Waals surface area (Å²) in [5, 5.41) is 3.08. The summed E-state index contributed by atoms with van der Waals surface area (Å²) < 4.78 is 18.9. The van der Waals surface area contributed by atoms with E-state index in [1.54, 1.807) is 19.2 Å². The van der Waals surface area contributed by atoms with Crippen LogP contribution < -0.4 is 5.32 Å². The molecule has 1 N–H and O–H groups in total. The van der Waals surface area contributed by atoms with Crippen LogP contribution in [0.25, 0.3) is 0 Å². The lowest BCUT2D eigenvalue weighted by Gasteiger charge is -2.05. The third kappa shape index (κ3) is 3.74. The van der Waals surface area contributed by atoms with E-state index in [9.17, 15) is 4.39 Å². The molecular weight excluding hydrogens is 249 g/mol. The van der Waals surface area contributed by atoms with E-state index in [1.807, 2.05) is 0 Å². The van der Waals surface area contributed by atoms with Crippen molar-refractivity contribution in [3.05, 3.63) is 34.1 Å². The molecule has 0 saturated heterocycles. The first-order valence-electron chi connectivity index (χ1n) is 4.37. The highest BCUT2D eigenvalue weighted by Crippen LogP contribution is 2.15. The number of nitrogens with one attached hydrogen (secondary N) is 1. The molecule has 0 bridgehead atoms. The van der Waals surface area contributed by atoms with Crippen molar-refractivity contribution in [3.8, 4) is 0 Å². The molecule has 14 heavy (non-hydrogen) atoms. The Bertz CT molecular complexity index is 293. The maximum absolute atomic E-state index is 13.2. The number of hydrogen-bond acceptors (Lipinski definition) is 2. The van der Waals surface area contributed by atoms with Crippen LogP contribution in [0.1, 0.15) is 5.56 Å². The van der Waals surface area contributed by atoms with Crippen molar-refractivity contribution < 1.29 is 9.13 Å². The van der Waals surface area contributed by atoms with Crippen LogP contribution in [0, 0.1) is 5.82 Å². The lowest BCUT2D eigenvalue weighted by Crippen LogP contribution is -2.19. The molecule has 0 aliphatic carbocycles. The molecule has 0 aliphatic heterocycles. The Kier molecular flexibility index (Phi) is 5.07. The van der Waals surface area contributed by atoms with Crippen LogP contribution in [0.5, 0.6) is 0 Å². The predicted molar refractivity (Wildman–Crippen MR) is 57.7 cm³/mol. The lowest BCUT2D eigenvalue weighted by molar-refractivity contribution is 0.199. The largest absolute Gasteiger partial charge is 0.383 e. The Labute approximate surface area is 91.6 Å². The summed E-state index contributed by atoms with van der Waals surface area (Å²) in [4.78, 5) is 0. The third-order valence-corrected chi connectivity index (χ3v) is 2.30. The number of halogens is 2. The van der Waals surface area contributed by atoms with E-state index in [1.165, 1.54) is 6.07 Å². The number of methoxy groups -OCH3 is 1. The molecule has 0 heterocycles. The van der Waals surface area contributed by atoms with Gasteiger partial charge in [0.1, 0.15) is 5.82 Å². The van der Waals surface area contributed by atoms with Gasteiger partial charge in [0.15, 0.2) is 0 Å². The van der Waals surface area contributed by atoms with Crippen molar-refractivity contribution in [3.63, 3.8) is 0 Å². The second-order valence-electron chi connectivity index (χ2n) is 2.91. The minimum absolute atomic E-state index is 0.182. The average Bonchev–Trinajstić information content (AvgIpc) is 2.18. The molecule has 0 radical (unpaired) electrons. The highest BCUT2D eigenvalue weighted by molar-refractivity contribution is 9.10. The van der Waals surface area contributed by atoms with Crippen LogP contribution in [0.4, 0.5) is 4.39 Å². The maximum Gasteiger partial charge on any atom is 0.127 e. The average molecular weight is 262 g/mol. The standard InChI is InChI=1S/C10H13BrFNO/c1-14-5-4-13-7-8-6-9(11)2-3-10(8)12/h2-3,6,13H,4-5,7H2,1H3. The van der Waals surface area contributed by atoms with E-state index < -0.39 is 0 Å². The Balaban J connectivity index is 2.45. The normalized spacial score (nSPS) is 10.5. The fraction of sp³-hybridized carbons (Fsp3) is 0.400. The summed E-state index contributed by atoms with van der Waals surface area (Å²) in [5.41, 5.74) is 0.662. The van der Waals surface area contributed by atoms with Crippen LogP contribution in [0.15, 0.2) is 22.7 Å². The zero-order valence-corrected chi connectivity index (χ0v) is 9.60. The number of rotatable bonds is 5. The smallest absolute Gasteiger partial charge is 0.127 e. The van der Waals surface area contributed by atoms with Gasteiger partial charge in [0.25, 0.3) is 0 Å². The fourth-order valence-electron chi connectivity index (χ4n) is 1.08. The second-order valence-corrected chi connectivity index (χ2v) is 3.82. The monoisotopic (exact) mass is 261 g/mol. The van der Waals surface area contributed by atoms with E-state index in [-0.39, 0.29) is 5.82 Å². The van der Waals surface area contributed by atoms with E-state index in [4.69, 9.17) is 4.74 Å². The summed E-state index contributed by atoms with van der Waals surface area (Å²) >= 11 is 3.30. The molecular formula is C10H13BrFNO. The van der Waals surface area contributed by atoms with Crippen LogP contribution in [0.2, 0.25) is 0 Å². The molecule has 0 fully saturated rings. The van der Waals surface area contributed by atoms with Crippen molar-refractivity contribution in [2.24, 2.45) is 0 Å². The van der Waals surface area contributed by atoms with Gasteiger partial charge in [-0.15, -0.1) is 0 Å². The van der Waals surface area contributed by atoms with Gasteiger partial charge < -0.3 is 10.1 Å². The molecule has 1 aromatic carbocycles. The molecule has 0 unspecified atom stereocenters. The van der Waals surface area contributed by atoms with E-state index in [0.29, 0.717) is 18.7 Å². The first-order chi connectivity index (χ1) is 6.74. The number of hydrogen-bond donors (Lipinski definition) is 1. The second kappa shape index (κ2) is 6.11. The summed E-state index contributed by atoms with van der Waals surface area (Å²) in [5.74, 6) is -0.182. The molecule has 2 nitrogen and oxygen atoms in total. The molecule has 0 atom stereocenters. The Hall–Kier alpha value is -0.450. The van der Waals surface area contributed by atoms with Crippen molar-refractivity contribution in [2.45, 2.75) is 6.54 Å². The van der Waals surface area contributed by atoms with Gasteiger partial charge in [0.05, 0.1) is 6.61 Å². The SMILES string of the molecule is COCCNCc1cc(Br)ccc1F. The van der Waals surface area contributed by atoms with Crippen LogP contribution >= 0.6 is 15.9 Å². The maximum atomic E-state index is 13.2. The zero-order chi connectivity index (χ0) is 10.4. The molecule has 0 amide bonds. The Morgan fingerprint density at radius 3 is 3.00 bits per heavy atom. The molecule has 0 aromatic heterocycles. The van der Waals surface area contributed by atoms with Crippen LogP contribution in [-0.4, -0.2) is 20.3 Å². The molecule has 0 aliphatic rings. The van der Waals surface area contributed by atoms with Gasteiger partial charge in [0, 0.05) is 30.2 Å². The zero-order valence-electron chi connectivity index (χ0n) is 8.02. The minimum atomic E-state index is -0.182. The van der Waals surface area contributed by atoms with Gasteiger partial charge in [0.2, 0.25) is 0 Å². The first-order valence-corrected chi connectivity index (χ1v) is 5.17. The van der Waals surface area contributed by atoms with Crippen LogP contribution in [-0.2, 0) is 11.3 Å². The minimum Gasteiger partial charge on any atom is -0.383 e. The number of benzene rings is 1. The fourth-order valence-corrected chi connectivity index (χ4v) is 1.48.